The van der Waals surface area contributed by atoms with E-state index in [1.807, 2.05) is 6.08 Å². The third-order valence-electron chi connectivity index (χ3n) is 11.4. The van der Waals surface area contributed by atoms with Crippen LogP contribution < -0.4 is 5.32 Å². The Hall–Kier alpha value is -1.13. The zero-order valence-corrected chi connectivity index (χ0v) is 36.8. The van der Waals surface area contributed by atoms with E-state index in [-0.39, 0.29) is 12.5 Å². The molecule has 0 spiro atoms. The summed E-state index contributed by atoms with van der Waals surface area (Å²) >= 11 is 0. The van der Waals surface area contributed by atoms with Crippen LogP contribution in [0.3, 0.4) is 0 Å². The highest BCUT2D eigenvalue weighted by atomic mass is 16.3. The molecule has 0 aliphatic heterocycles. The number of hydrogen-bond acceptors (Lipinski definition) is 3. The molecule has 0 fully saturated rings. The first-order chi connectivity index (χ1) is 26.7. The molecule has 0 aliphatic rings. The third-order valence-corrected chi connectivity index (χ3v) is 11.4. The van der Waals surface area contributed by atoms with E-state index in [1.54, 1.807) is 6.08 Å². The lowest BCUT2D eigenvalue weighted by atomic mass is 10.0. The van der Waals surface area contributed by atoms with Gasteiger partial charge < -0.3 is 15.5 Å². The van der Waals surface area contributed by atoms with E-state index >= 15 is 0 Å². The van der Waals surface area contributed by atoms with Crippen LogP contribution in [0.25, 0.3) is 0 Å². The first kappa shape index (κ1) is 52.9. The molecule has 1 amide bonds. The van der Waals surface area contributed by atoms with Gasteiger partial charge >= 0.3 is 0 Å². The van der Waals surface area contributed by atoms with Crippen LogP contribution in [-0.4, -0.2) is 34.9 Å². The number of nitrogens with one attached hydrogen (secondary N) is 1. The van der Waals surface area contributed by atoms with Crippen LogP contribution in [-0.2, 0) is 4.79 Å². The molecule has 0 saturated heterocycles. The number of hydrogen-bond donors (Lipinski definition) is 3. The van der Waals surface area contributed by atoms with E-state index in [0.717, 1.165) is 25.7 Å². The fraction of sp³-hybridized carbons (Fsp3) is 0.900. The largest absolute Gasteiger partial charge is 0.394 e. The van der Waals surface area contributed by atoms with Gasteiger partial charge in [0.15, 0.2) is 0 Å². The molecule has 4 heteroatoms. The Morgan fingerprint density at radius 2 is 0.704 bits per heavy atom. The predicted molar refractivity (Wildman–Crippen MR) is 239 cm³/mol. The number of amides is 1. The van der Waals surface area contributed by atoms with Crippen molar-refractivity contribution in [2.75, 3.05) is 6.61 Å². The van der Waals surface area contributed by atoms with Gasteiger partial charge in [0.2, 0.25) is 5.91 Å². The van der Waals surface area contributed by atoms with Gasteiger partial charge in [-0.2, -0.15) is 0 Å². The van der Waals surface area contributed by atoms with E-state index in [0.29, 0.717) is 6.42 Å². The van der Waals surface area contributed by atoms with Gasteiger partial charge in [-0.1, -0.05) is 244 Å². The van der Waals surface area contributed by atoms with Gasteiger partial charge in [-0.15, -0.1) is 0 Å². The minimum atomic E-state index is -0.835. The highest BCUT2D eigenvalue weighted by molar-refractivity contribution is 5.76. The Labute approximate surface area is 339 Å². The minimum absolute atomic E-state index is 0.0620. The van der Waals surface area contributed by atoms with E-state index in [2.05, 4.69) is 31.3 Å². The maximum atomic E-state index is 12.4. The van der Waals surface area contributed by atoms with Crippen molar-refractivity contribution in [2.24, 2.45) is 0 Å². The molecule has 0 aromatic heterocycles. The van der Waals surface area contributed by atoms with E-state index in [1.165, 1.54) is 225 Å². The summed E-state index contributed by atoms with van der Waals surface area (Å²) in [5, 5.41) is 23.0. The van der Waals surface area contributed by atoms with Gasteiger partial charge in [0.1, 0.15) is 0 Å². The summed E-state index contributed by atoms with van der Waals surface area (Å²) in [7, 11) is 0. The Balaban J connectivity index is 3.42. The van der Waals surface area contributed by atoms with Gasteiger partial charge in [-0.25, -0.2) is 0 Å². The first-order valence-corrected chi connectivity index (χ1v) is 24.6. The molecule has 54 heavy (non-hydrogen) atoms. The van der Waals surface area contributed by atoms with Gasteiger partial charge in [0.05, 0.1) is 18.8 Å². The molecule has 0 radical (unpaired) electrons. The van der Waals surface area contributed by atoms with Crippen molar-refractivity contribution < 1.29 is 15.0 Å². The number of allylic oxidation sites excluding steroid dienone is 3. The van der Waals surface area contributed by atoms with Crippen molar-refractivity contribution in [3.63, 3.8) is 0 Å². The molecule has 0 saturated carbocycles. The number of carbonyl (C=O) groups excluding carboxylic acids is 1. The standard InChI is InChI=1S/C50H97NO3/c1-3-5-7-9-11-13-15-16-17-18-19-20-21-22-23-24-25-26-27-28-29-30-31-32-33-34-36-38-40-42-44-46-50(54)51-48(47-52)49(53)45-43-41-39-37-35-14-12-10-8-6-4-2/h22-23,43,45,48-49,52-53H,3-21,24-42,44,46-47H2,1-2H3,(H,51,54)/b23-22-,45-43+. The summed E-state index contributed by atoms with van der Waals surface area (Å²) in [4.78, 5) is 12.4. The molecule has 4 nitrogen and oxygen atoms in total. The molecule has 0 rings (SSSR count). The van der Waals surface area contributed by atoms with Crippen LogP contribution in [0.4, 0.5) is 0 Å². The summed E-state index contributed by atoms with van der Waals surface area (Å²) < 4.78 is 0. The van der Waals surface area contributed by atoms with Crippen LogP contribution in [0.5, 0.6) is 0 Å². The van der Waals surface area contributed by atoms with Gasteiger partial charge in [-0.05, 0) is 44.9 Å². The van der Waals surface area contributed by atoms with E-state index in [4.69, 9.17) is 0 Å². The second-order valence-corrected chi connectivity index (χ2v) is 16.9. The monoisotopic (exact) mass is 760 g/mol. The lowest BCUT2D eigenvalue weighted by Crippen LogP contribution is -2.45. The lowest BCUT2D eigenvalue weighted by molar-refractivity contribution is -0.123. The number of aliphatic hydroxyl groups excluding tert-OH is 2. The Morgan fingerprint density at radius 3 is 1.02 bits per heavy atom. The number of carbonyl (C=O) groups is 1. The molecule has 0 heterocycles. The maximum Gasteiger partial charge on any atom is 0.220 e. The quantitative estimate of drug-likeness (QED) is 0.0428. The number of rotatable bonds is 45. The van der Waals surface area contributed by atoms with Crippen molar-refractivity contribution in [3.05, 3.63) is 24.3 Å². The van der Waals surface area contributed by atoms with Crippen molar-refractivity contribution in [1.29, 1.82) is 0 Å². The third kappa shape index (κ3) is 42.0. The summed E-state index contributed by atoms with van der Waals surface area (Å²) in [6.07, 6.45) is 60.4. The highest BCUT2D eigenvalue weighted by Crippen LogP contribution is 2.16. The van der Waals surface area contributed by atoms with Gasteiger partial charge in [0, 0.05) is 6.42 Å². The molecule has 0 bridgehead atoms. The fourth-order valence-corrected chi connectivity index (χ4v) is 7.65. The number of unbranched alkanes of at least 4 members (excludes halogenated alkanes) is 36. The smallest absolute Gasteiger partial charge is 0.220 e. The summed E-state index contributed by atoms with van der Waals surface area (Å²) in [6.45, 7) is 4.31. The van der Waals surface area contributed by atoms with E-state index in [9.17, 15) is 15.0 Å². The first-order valence-electron chi connectivity index (χ1n) is 24.6. The second kappa shape index (κ2) is 46.3. The summed E-state index contributed by atoms with van der Waals surface area (Å²) in [5.74, 6) is -0.0620. The topological polar surface area (TPSA) is 69.6 Å². The average molecular weight is 760 g/mol. The average Bonchev–Trinajstić information content (AvgIpc) is 3.18. The van der Waals surface area contributed by atoms with Crippen molar-refractivity contribution in [2.45, 2.75) is 283 Å². The molecule has 0 aliphatic carbocycles. The molecule has 320 valence electrons. The second-order valence-electron chi connectivity index (χ2n) is 16.9. The molecular formula is C50H97NO3. The van der Waals surface area contributed by atoms with Crippen LogP contribution >= 0.6 is 0 Å². The maximum absolute atomic E-state index is 12.4. The van der Waals surface area contributed by atoms with Crippen molar-refractivity contribution in [1.82, 2.24) is 5.32 Å². The normalized spacial score (nSPS) is 13.0. The van der Waals surface area contributed by atoms with Crippen molar-refractivity contribution in [3.8, 4) is 0 Å². The van der Waals surface area contributed by atoms with Gasteiger partial charge in [0.25, 0.3) is 0 Å². The molecule has 0 aromatic carbocycles. The summed E-state index contributed by atoms with van der Waals surface area (Å²) in [6, 6.07) is -0.618. The van der Waals surface area contributed by atoms with Gasteiger partial charge in [-0.3, -0.25) is 4.79 Å². The lowest BCUT2D eigenvalue weighted by Gasteiger charge is -2.20. The summed E-state index contributed by atoms with van der Waals surface area (Å²) in [5.41, 5.74) is 0. The molecule has 2 unspecified atom stereocenters. The SMILES string of the molecule is CCCCCCCCCCC/C=C/C(O)C(CO)NC(=O)CCCCCCCCCCCCCCCCC/C=C\CCCCCCCCCCCCCC. The fourth-order valence-electron chi connectivity index (χ4n) is 7.65. The molecule has 3 N–H and O–H groups in total. The Kier molecular flexibility index (Phi) is 45.3. The zero-order chi connectivity index (χ0) is 39.3. The molecule has 2 atom stereocenters. The van der Waals surface area contributed by atoms with Crippen LogP contribution in [0.1, 0.15) is 271 Å². The molecular weight excluding hydrogens is 663 g/mol. The van der Waals surface area contributed by atoms with E-state index < -0.39 is 12.1 Å². The van der Waals surface area contributed by atoms with Crippen LogP contribution in [0.2, 0.25) is 0 Å². The number of aliphatic hydroxyl groups is 2. The van der Waals surface area contributed by atoms with Crippen LogP contribution in [0.15, 0.2) is 24.3 Å². The predicted octanol–water partition coefficient (Wildman–Crippen LogP) is 15.6. The Bertz CT molecular complexity index is 780. The van der Waals surface area contributed by atoms with Crippen molar-refractivity contribution >= 4 is 5.91 Å². The van der Waals surface area contributed by atoms with Crippen LogP contribution in [0, 0.1) is 0 Å². The minimum Gasteiger partial charge on any atom is -0.394 e. The molecule has 0 aromatic rings. The Morgan fingerprint density at radius 1 is 0.426 bits per heavy atom. The highest BCUT2D eigenvalue weighted by Gasteiger charge is 2.18. The zero-order valence-electron chi connectivity index (χ0n) is 36.8.